The lowest BCUT2D eigenvalue weighted by Crippen LogP contribution is -2.36. The van der Waals surface area contributed by atoms with Gasteiger partial charge in [-0.2, -0.15) is 0 Å². The minimum absolute atomic E-state index is 0.0512. The van der Waals surface area contributed by atoms with Gasteiger partial charge in [0, 0.05) is 13.1 Å². The van der Waals surface area contributed by atoms with Crippen LogP contribution in [0.5, 0.6) is 5.75 Å². The second kappa shape index (κ2) is 8.53. The number of methoxy groups -OCH3 is 1. The van der Waals surface area contributed by atoms with E-state index in [4.69, 9.17) is 4.74 Å². The van der Waals surface area contributed by atoms with Gasteiger partial charge in [0.25, 0.3) is 0 Å². The Kier molecular flexibility index (Phi) is 6.97. The van der Waals surface area contributed by atoms with Crippen LogP contribution in [0.4, 0.5) is 0 Å². The summed E-state index contributed by atoms with van der Waals surface area (Å²) in [6.07, 6.45) is 1.67. The number of rotatable bonds is 8. The first kappa shape index (κ1) is 15.5. The predicted octanol–water partition coefficient (Wildman–Crippen LogP) is 1.60. The third-order valence-corrected chi connectivity index (χ3v) is 3.16. The quantitative estimate of drug-likeness (QED) is 0.750. The van der Waals surface area contributed by atoms with Crippen LogP contribution < -0.4 is 15.4 Å². The molecule has 0 bridgehead atoms. The summed E-state index contributed by atoms with van der Waals surface area (Å²) in [5, 5.41) is 6.03. The molecule has 1 aromatic rings. The Labute approximate surface area is 115 Å². The van der Waals surface area contributed by atoms with Gasteiger partial charge < -0.3 is 15.4 Å². The molecule has 0 heterocycles. The first-order valence-corrected chi connectivity index (χ1v) is 6.76. The van der Waals surface area contributed by atoms with E-state index in [9.17, 15) is 4.79 Å². The van der Waals surface area contributed by atoms with Crippen LogP contribution in [0, 0.1) is 5.92 Å². The molecule has 4 heteroatoms. The number of carbonyl (C=O) groups is 1. The van der Waals surface area contributed by atoms with E-state index in [2.05, 4.69) is 10.6 Å². The molecule has 106 valence electrons. The third kappa shape index (κ3) is 5.30. The van der Waals surface area contributed by atoms with Gasteiger partial charge >= 0.3 is 0 Å². The second-order valence-corrected chi connectivity index (χ2v) is 4.56. The molecular formula is C15H24N2O2. The van der Waals surface area contributed by atoms with Gasteiger partial charge in [-0.3, -0.25) is 4.79 Å². The van der Waals surface area contributed by atoms with Gasteiger partial charge in [-0.15, -0.1) is 0 Å². The van der Waals surface area contributed by atoms with Gasteiger partial charge in [0.05, 0.1) is 13.0 Å². The molecule has 0 aliphatic heterocycles. The Morgan fingerprint density at radius 2 is 2.21 bits per heavy atom. The van der Waals surface area contributed by atoms with Crippen LogP contribution in [0.1, 0.15) is 18.9 Å². The molecule has 0 spiro atoms. The number of nitrogens with one attached hydrogen (secondary N) is 2. The van der Waals surface area contributed by atoms with Crippen molar-refractivity contribution >= 4 is 5.91 Å². The molecule has 0 radical (unpaired) electrons. The average Bonchev–Trinajstić information content (AvgIpc) is 2.44. The Balaban J connectivity index is 2.38. The van der Waals surface area contributed by atoms with Gasteiger partial charge in [-0.05, 0) is 37.6 Å². The van der Waals surface area contributed by atoms with Gasteiger partial charge in [0.15, 0.2) is 0 Å². The minimum Gasteiger partial charge on any atom is -0.497 e. The van der Waals surface area contributed by atoms with Crippen molar-refractivity contribution in [3.63, 3.8) is 0 Å². The smallest absolute Gasteiger partial charge is 0.224 e. The number of amides is 1. The van der Waals surface area contributed by atoms with E-state index >= 15 is 0 Å². The Morgan fingerprint density at radius 3 is 2.84 bits per heavy atom. The van der Waals surface area contributed by atoms with Crippen LogP contribution in [0.25, 0.3) is 0 Å². The molecule has 19 heavy (non-hydrogen) atoms. The molecule has 0 aromatic heterocycles. The SMILES string of the molecule is CCC(CNC)C(=O)NCCc1cccc(OC)c1. The van der Waals surface area contributed by atoms with Gasteiger partial charge in [-0.25, -0.2) is 0 Å². The topological polar surface area (TPSA) is 50.4 Å². The summed E-state index contributed by atoms with van der Waals surface area (Å²) in [5.41, 5.74) is 1.17. The molecule has 0 saturated carbocycles. The fourth-order valence-corrected chi connectivity index (χ4v) is 1.97. The maximum Gasteiger partial charge on any atom is 0.224 e. The number of carbonyl (C=O) groups excluding carboxylic acids is 1. The first-order chi connectivity index (χ1) is 9.21. The van der Waals surface area contributed by atoms with E-state index in [1.54, 1.807) is 7.11 Å². The van der Waals surface area contributed by atoms with Crippen LogP contribution in [0.3, 0.4) is 0 Å². The predicted molar refractivity (Wildman–Crippen MR) is 77.4 cm³/mol. The van der Waals surface area contributed by atoms with Crippen molar-refractivity contribution in [3.8, 4) is 5.75 Å². The summed E-state index contributed by atoms with van der Waals surface area (Å²) in [7, 11) is 3.52. The number of hydrogen-bond acceptors (Lipinski definition) is 3. The van der Waals surface area contributed by atoms with Crippen molar-refractivity contribution < 1.29 is 9.53 Å². The van der Waals surface area contributed by atoms with E-state index < -0.39 is 0 Å². The maximum atomic E-state index is 11.9. The van der Waals surface area contributed by atoms with E-state index in [-0.39, 0.29) is 11.8 Å². The summed E-state index contributed by atoms with van der Waals surface area (Å²) >= 11 is 0. The van der Waals surface area contributed by atoms with Crippen LogP contribution in [-0.4, -0.2) is 33.2 Å². The van der Waals surface area contributed by atoms with E-state index in [1.165, 1.54) is 5.56 Å². The molecule has 1 rings (SSSR count). The molecule has 0 aliphatic rings. The summed E-state index contributed by atoms with van der Waals surface area (Å²) in [5.74, 6) is 1.03. The van der Waals surface area contributed by atoms with Crippen molar-refractivity contribution in [3.05, 3.63) is 29.8 Å². The Morgan fingerprint density at radius 1 is 1.42 bits per heavy atom. The molecule has 0 saturated heterocycles. The van der Waals surface area contributed by atoms with Crippen molar-refractivity contribution in [1.82, 2.24) is 10.6 Å². The lowest BCUT2D eigenvalue weighted by atomic mass is 10.1. The highest BCUT2D eigenvalue weighted by Crippen LogP contribution is 2.12. The lowest BCUT2D eigenvalue weighted by molar-refractivity contribution is -0.124. The standard InChI is InChI=1S/C15H24N2O2/c1-4-13(11-16-2)15(18)17-9-8-12-6-5-7-14(10-12)19-3/h5-7,10,13,16H,4,8-9,11H2,1-3H3,(H,17,18). The third-order valence-electron chi connectivity index (χ3n) is 3.16. The van der Waals surface area contributed by atoms with E-state index in [0.29, 0.717) is 6.54 Å². The normalized spacial score (nSPS) is 11.9. The summed E-state index contributed by atoms with van der Waals surface area (Å²) in [6.45, 7) is 3.41. The highest BCUT2D eigenvalue weighted by atomic mass is 16.5. The fourth-order valence-electron chi connectivity index (χ4n) is 1.97. The monoisotopic (exact) mass is 264 g/mol. The Bertz CT molecular complexity index is 393. The number of benzene rings is 1. The summed E-state index contributed by atoms with van der Waals surface area (Å²) in [4.78, 5) is 11.9. The summed E-state index contributed by atoms with van der Waals surface area (Å²) in [6, 6.07) is 7.92. The van der Waals surface area contributed by atoms with Crippen molar-refractivity contribution in [2.24, 2.45) is 5.92 Å². The zero-order valence-electron chi connectivity index (χ0n) is 12.0. The van der Waals surface area contributed by atoms with Crippen molar-refractivity contribution in [1.29, 1.82) is 0 Å². The molecule has 0 aliphatic carbocycles. The molecular weight excluding hydrogens is 240 g/mol. The van der Waals surface area contributed by atoms with Crippen LogP contribution in [0.2, 0.25) is 0 Å². The molecule has 1 aromatic carbocycles. The van der Waals surface area contributed by atoms with Gasteiger partial charge in [0.1, 0.15) is 5.75 Å². The van der Waals surface area contributed by atoms with Crippen molar-refractivity contribution in [2.75, 3.05) is 27.2 Å². The molecule has 1 unspecified atom stereocenters. The number of ether oxygens (including phenoxy) is 1. The van der Waals surface area contributed by atoms with Crippen LogP contribution in [-0.2, 0) is 11.2 Å². The molecule has 1 atom stereocenters. The van der Waals surface area contributed by atoms with Gasteiger partial charge in [0.2, 0.25) is 5.91 Å². The van der Waals surface area contributed by atoms with Crippen LogP contribution in [0.15, 0.2) is 24.3 Å². The number of hydrogen-bond donors (Lipinski definition) is 2. The molecule has 2 N–H and O–H groups in total. The van der Waals surface area contributed by atoms with E-state index in [0.717, 1.165) is 25.1 Å². The zero-order chi connectivity index (χ0) is 14.1. The minimum atomic E-state index is 0.0512. The fraction of sp³-hybridized carbons (Fsp3) is 0.533. The largest absolute Gasteiger partial charge is 0.497 e. The molecule has 4 nitrogen and oxygen atoms in total. The second-order valence-electron chi connectivity index (χ2n) is 4.56. The average molecular weight is 264 g/mol. The maximum absolute atomic E-state index is 11.9. The van der Waals surface area contributed by atoms with Crippen LogP contribution >= 0.6 is 0 Å². The zero-order valence-corrected chi connectivity index (χ0v) is 12.0. The lowest BCUT2D eigenvalue weighted by Gasteiger charge is -2.14. The first-order valence-electron chi connectivity index (χ1n) is 6.76. The highest BCUT2D eigenvalue weighted by Gasteiger charge is 2.14. The van der Waals surface area contributed by atoms with E-state index in [1.807, 2.05) is 38.2 Å². The molecule has 0 fully saturated rings. The highest BCUT2D eigenvalue weighted by molar-refractivity contribution is 5.78. The summed E-state index contributed by atoms with van der Waals surface area (Å²) < 4.78 is 5.17. The Hall–Kier alpha value is -1.55. The van der Waals surface area contributed by atoms with Crippen molar-refractivity contribution in [2.45, 2.75) is 19.8 Å². The molecule has 1 amide bonds. The van der Waals surface area contributed by atoms with Gasteiger partial charge in [-0.1, -0.05) is 19.1 Å².